The van der Waals surface area contributed by atoms with Crippen molar-refractivity contribution in [3.8, 4) is 17.1 Å². The fourth-order valence-corrected chi connectivity index (χ4v) is 2.14. The molecule has 4 heteroatoms. The molecule has 1 N–H and O–H groups in total. The van der Waals surface area contributed by atoms with E-state index in [2.05, 4.69) is 19.2 Å². The zero-order valence-corrected chi connectivity index (χ0v) is 13.0. The molecule has 1 aliphatic rings. The van der Waals surface area contributed by atoms with E-state index in [1.54, 1.807) is 6.07 Å². The average molecular weight is 299 g/mol. The van der Waals surface area contributed by atoms with E-state index in [0.717, 1.165) is 24.2 Å². The van der Waals surface area contributed by atoms with Crippen molar-refractivity contribution in [1.29, 1.82) is 0 Å². The molecule has 1 amide bonds. The Morgan fingerprint density at radius 2 is 2.05 bits per heavy atom. The van der Waals surface area contributed by atoms with Gasteiger partial charge >= 0.3 is 0 Å². The summed E-state index contributed by atoms with van der Waals surface area (Å²) < 4.78 is 11.6. The molecule has 2 aromatic rings. The zero-order chi connectivity index (χ0) is 15.5. The molecule has 22 heavy (non-hydrogen) atoms. The van der Waals surface area contributed by atoms with Crippen LogP contribution in [0.2, 0.25) is 0 Å². The van der Waals surface area contributed by atoms with Gasteiger partial charge in [-0.3, -0.25) is 4.79 Å². The predicted molar refractivity (Wildman–Crippen MR) is 85.0 cm³/mol. The lowest BCUT2D eigenvalue weighted by Crippen LogP contribution is -2.24. The number of amides is 1. The van der Waals surface area contributed by atoms with E-state index in [4.69, 9.17) is 9.15 Å². The summed E-state index contributed by atoms with van der Waals surface area (Å²) in [5, 5.41) is 2.93. The molecule has 0 saturated heterocycles. The van der Waals surface area contributed by atoms with E-state index in [9.17, 15) is 4.79 Å². The molecule has 4 nitrogen and oxygen atoms in total. The maximum atomic E-state index is 12.0. The molecule has 0 bridgehead atoms. The Bertz CT molecular complexity index is 656. The Morgan fingerprint density at radius 3 is 2.77 bits per heavy atom. The van der Waals surface area contributed by atoms with Gasteiger partial charge in [-0.2, -0.15) is 0 Å². The summed E-state index contributed by atoms with van der Waals surface area (Å²) in [6, 6.07) is 11.6. The Kier molecular flexibility index (Phi) is 4.18. The zero-order valence-electron chi connectivity index (χ0n) is 13.0. The van der Waals surface area contributed by atoms with E-state index >= 15 is 0 Å². The third-order valence-electron chi connectivity index (χ3n) is 3.47. The van der Waals surface area contributed by atoms with Gasteiger partial charge in [-0.1, -0.05) is 26.0 Å². The molecular weight excluding hydrogens is 278 g/mol. The van der Waals surface area contributed by atoms with Crippen LogP contribution in [0.25, 0.3) is 11.3 Å². The van der Waals surface area contributed by atoms with Gasteiger partial charge in [0.1, 0.15) is 11.5 Å². The molecule has 0 radical (unpaired) electrons. The Hall–Kier alpha value is -2.23. The van der Waals surface area contributed by atoms with Crippen LogP contribution in [0, 0.1) is 5.92 Å². The summed E-state index contributed by atoms with van der Waals surface area (Å²) >= 11 is 0. The van der Waals surface area contributed by atoms with E-state index in [0.29, 0.717) is 30.1 Å². The maximum Gasteiger partial charge on any atom is 0.287 e. The van der Waals surface area contributed by atoms with Crippen molar-refractivity contribution < 1.29 is 13.9 Å². The molecule has 1 fully saturated rings. The van der Waals surface area contributed by atoms with E-state index in [1.807, 2.05) is 30.3 Å². The van der Waals surface area contributed by atoms with Gasteiger partial charge in [0.25, 0.3) is 5.91 Å². The Labute approximate surface area is 130 Å². The topological polar surface area (TPSA) is 51.5 Å². The van der Waals surface area contributed by atoms with E-state index in [-0.39, 0.29) is 5.91 Å². The third kappa shape index (κ3) is 3.50. The van der Waals surface area contributed by atoms with Crippen molar-refractivity contribution in [3.05, 3.63) is 42.2 Å². The number of ether oxygens (including phenoxy) is 1. The van der Waals surface area contributed by atoms with E-state index < -0.39 is 0 Å². The molecule has 0 spiro atoms. The van der Waals surface area contributed by atoms with Crippen LogP contribution < -0.4 is 10.1 Å². The summed E-state index contributed by atoms with van der Waals surface area (Å²) in [4.78, 5) is 12.0. The third-order valence-corrected chi connectivity index (χ3v) is 3.47. The second-order valence-electron chi connectivity index (χ2n) is 6.11. The smallest absolute Gasteiger partial charge is 0.287 e. The molecule has 0 unspecified atom stereocenters. The highest BCUT2D eigenvalue weighted by atomic mass is 16.5. The van der Waals surface area contributed by atoms with Crippen molar-refractivity contribution in [2.24, 2.45) is 5.92 Å². The van der Waals surface area contributed by atoms with Gasteiger partial charge in [-0.05, 0) is 43.0 Å². The second-order valence-corrected chi connectivity index (χ2v) is 6.11. The number of carbonyl (C=O) groups excluding carboxylic acids is 1. The SMILES string of the molecule is CC(C)COc1ccccc1-c1ccc(C(=O)NC2CC2)o1. The average Bonchev–Trinajstić information content (AvgIpc) is 3.17. The first-order valence-electron chi connectivity index (χ1n) is 7.76. The van der Waals surface area contributed by atoms with Gasteiger partial charge in [0.2, 0.25) is 0 Å². The number of carbonyl (C=O) groups is 1. The number of para-hydroxylation sites is 1. The first-order valence-corrected chi connectivity index (χ1v) is 7.76. The first kappa shape index (κ1) is 14.7. The van der Waals surface area contributed by atoms with Crippen LogP contribution in [0.1, 0.15) is 37.2 Å². The molecule has 1 aromatic heterocycles. The van der Waals surface area contributed by atoms with Crippen LogP contribution in [-0.2, 0) is 0 Å². The monoisotopic (exact) mass is 299 g/mol. The number of hydrogen-bond donors (Lipinski definition) is 1. The quantitative estimate of drug-likeness (QED) is 0.881. The summed E-state index contributed by atoms with van der Waals surface area (Å²) in [5.74, 6) is 2.08. The summed E-state index contributed by atoms with van der Waals surface area (Å²) in [5.41, 5.74) is 0.869. The lowest BCUT2D eigenvalue weighted by atomic mass is 10.1. The van der Waals surface area contributed by atoms with Gasteiger partial charge in [-0.15, -0.1) is 0 Å². The van der Waals surface area contributed by atoms with E-state index in [1.165, 1.54) is 0 Å². The van der Waals surface area contributed by atoms with Crippen molar-refractivity contribution in [2.45, 2.75) is 32.7 Å². The van der Waals surface area contributed by atoms with Crippen molar-refractivity contribution in [1.82, 2.24) is 5.32 Å². The number of furan rings is 1. The fraction of sp³-hybridized carbons (Fsp3) is 0.389. The Morgan fingerprint density at radius 1 is 1.27 bits per heavy atom. The summed E-state index contributed by atoms with van der Waals surface area (Å²) in [6.07, 6.45) is 2.12. The highest BCUT2D eigenvalue weighted by molar-refractivity contribution is 5.92. The molecule has 3 rings (SSSR count). The normalized spacial score (nSPS) is 14.1. The first-order chi connectivity index (χ1) is 10.6. The number of hydrogen-bond acceptors (Lipinski definition) is 3. The van der Waals surface area contributed by atoms with Crippen LogP contribution in [0.5, 0.6) is 5.75 Å². The van der Waals surface area contributed by atoms with Gasteiger partial charge in [0.15, 0.2) is 5.76 Å². The Balaban J connectivity index is 1.78. The van der Waals surface area contributed by atoms with Crippen LogP contribution in [0.15, 0.2) is 40.8 Å². The molecule has 1 aromatic carbocycles. The molecule has 1 aliphatic carbocycles. The summed E-state index contributed by atoms with van der Waals surface area (Å²) in [6.45, 7) is 4.86. The minimum Gasteiger partial charge on any atom is -0.493 e. The minimum atomic E-state index is -0.144. The van der Waals surface area contributed by atoms with Crippen LogP contribution in [-0.4, -0.2) is 18.6 Å². The highest BCUT2D eigenvalue weighted by Gasteiger charge is 2.25. The largest absolute Gasteiger partial charge is 0.493 e. The number of benzene rings is 1. The van der Waals surface area contributed by atoms with Crippen molar-refractivity contribution in [2.75, 3.05) is 6.61 Å². The van der Waals surface area contributed by atoms with Gasteiger partial charge in [0.05, 0.1) is 12.2 Å². The predicted octanol–water partition coefficient (Wildman–Crippen LogP) is 3.87. The number of rotatable bonds is 6. The highest BCUT2D eigenvalue weighted by Crippen LogP contribution is 2.31. The number of nitrogens with one attached hydrogen (secondary N) is 1. The molecule has 1 saturated carbocycles. The lowest BCUT2D eigenvalue weighted by Gasteiger charge is -2.11. The minimum absolute atomic E-state index is 0.144. The fourth-order valence-electron chi connectivity index (χ4n) is 2.14. The second kappa shape index (κ2) is 6.26. The van der Waals surface area contributed by atoms with Crippen molar-refractivity contribution in [3.63, 3.8) is 0 Å². The standard InChI is InChI=1S/C18H21NO3/c1-12(2)11-21-15-6-4-3-5-14(15)16-9-10-17(22-16)18(20)19-13-7-8-13/h3-6,9-10,12-13H,7-8,11H2,1-2H3,(H,19,20). The van der Waals surface area contributed by atoms with Crippen LogP contribution >= 0.6 is 0 Å². The molecule has 116 valence electrons. The maximum absolute atomic E-state index is 12.0. The van der Waals surface area contributed by atoms with Gasteiger partial charge in [-0.25, -0.2) is 0 Å². The van der Waals surface area contributed by atoms with Crippen molar-refractivity contribution >= 4 is 5.91 Å². The molecule has 0 atom stereocenters. The van der Waals surface area contributed by atoms with Gasteiger partial charge < -0.3 is 14.5 Å². The molecule has 1 heterocycles. The molecule has 0 aliphatic heterocycles. The van der Waals surface area contributed by atoms with Crippen LogP contribution in [0.4, 0.5) is 0 Å². The van der Waals surface area contributed by atoms with Crippen LogP contribution in [0.3, 0.4) is 0 Å². The van der Waals surface area contributed by atoms with Gasteiger partial charge in [0, 0.05) is 6.04 Å². The summed E-state index contributed by atoms with van der Waals surface area (Å²) in [7, 11) is 0. The lowest BCUT2D eigenvalue weighted by molar-refractivity contribution is 0.0924. The molecular formula is C18H21NO3.